The Balaban J connectivity index is 2.22. The van der Waals surface area contributed by atoms with Crippen LogP contribution < -0.4 is 16.0 Å². The standard InChI is InChI=1S/C13H14F2N4OS/c1-3-19(2)13-18-11(16)10(21-13)12(20)17-9-5-7(14)4-8(15)6-9/h4-6H,3,16H2,1-2H3,(H,17,20). The molecule has 0 radical (unpaired) electrons. The smallest absolute Gasteiger partial charge is 0.269 e. The van der Waals surface area contributed by atoms with Crippen LogP contribution in [-0.2, 0) is 0 Å². The van der Waals surface area contributed by atoms with Gasteiger partial charge >= 0.3 is 0 Å². The summed E-state index contributed by atoms with van der Waals surface area (Å²) in [5, 5.41) is 3.01. The highest BCUT2D eigenvalue weighted by molar-refractivity contribution is 7.18. The number of carbonyl (C=O) groups is 1. The third-order valence-corrected chi connectivity index (χ3v) is 3.95. The fourth-order valence-electron chi connectivity index (χ4n) is 1.60. The lowest BCUT2D eigenvalue weighted by Crippen LogP contribution is -2.15. The van der Waals surface area contributed by atoms with Crippen molar-refractivity contribution in [1.82, 2.24) is 4.98 Å². The molecule has 0 aliphatic carbocycles. The maximum atomic E-state index is 13.1. The van der Waals surface area contributed by atoms with Crippen molar-refractivity contribution in [2.75, 3.05) is 29.5 Å². The summed E-state index contributed by atoms with van der Waals surface area (Å²) in [5.41, 5.74) is 5.74. The van der Waals surface area contributed by atoms with Crippen molar-refractivity contribution in [2.45, 2.75) is 6.92 Å². The van der Waals surface area contributed by atoms with Gasteiger partial charge in [-0.25, -0.2) is 13.8 Å². The Kier molecular flexibility index (Phi) is 4.37. The molecule has 112 valence electrons. The third-order valence-electron chi connectivity index (χ3n) is 2.77. The van der Waals surface area contributed by atoms with E-state index >= 15 is 0 Å². The predicted molar refractivity (Wildman–Crippen MR) is 79.8 cm³/mol. The highest BCUT2D eigenvalue weighted by atomic mass is 32.1. The Morgan fingerprint density at radius 3 is 2.57 bits per heavy atom. The van der Waals surface area contributed by atoms with E-state index in [2.05, 4.69) is 10.3 Å². The minimum Gasteiger partial charge on any atom is -0.382 e. The van der Waals surface area contributed by atoms with Crippen LogP contribution in [0.5, 0.6) is 0 Å². The number of nitrogens with two attached hydrogens (primary N) is 1. The number of hydrogen-bond acceptors (Lipinski definition) is 5. The third kappa shape index (κ3) is 3.46. The second kappa shape index (κ2) is 6.04. The van der Waals surface area contributed by atoms with Crippen molar-refractivity contribution in [3.05, 3.63) is 34.7 Å². The number of nitrogens with one attached hydrogen (secondary N) is 1. The Morgan fingerprint density at radius 1 is 1.38 bits per heavy atom. The van der Waals surface area contributed by atoms with Gasteiger partial charge in [-0.05, 0) is 19.1 Å². The first kappa shape index (κ1) is 15.2. The Morgan fingerprint density at radius 2 is 2.00 bits per heavy atom. The van der Waals surface area contributed by atoms with Gasteiger partial charge < -0.3 is 16.0 Å². The number of hydrogen-bond donors (Lipinski definition) is 2. The molecule has 0 aliphatic heterocycles. The fraction of sp³-hybridized carbons (Fsp3) is 0.231. The van der Waals surface area contributed by atoms with Crippen LogP contribution in [0.2, 0.25) is 0 Å². The van der Waals surface area contributed by atoms with Crippen molar-refractivity contribution in [1.29, 1.82) is 0 Å². The number of aromatic nitrogens is 1. The van der Waals surface area contributed by atoms with Crippen LogP contribution in [0.3, 0.4) is 0 Å². The maximum Gasteiger partial charge on any atom is 0.269 e. The van der Waals surface area contributed by atoms with Crippen molar-refractivity contribution < 1.29 is 13.6 Å². The molecule has 0 unspecified atom stereocenters. The van der Waals surface area contributed by atoms with Crippen LogP contribution in [0.1, 0.15) is 16.6 Å². The molecule has 0 aliphatic rings. The van der Waals surface area contributed by atoms with E-state index in [0.29, 0.717) is 11.7 Å². The zero-order chi connectivity index (χ0) is 15.6. The first-order valence-corrected chi connectivity index (χ1v) is 6.97. The summed E-state index contributed by atoms with van der Waals surface area (Å²) in [6, 6.07) is 2.78. The number of anilines is 3. The summed E-state index contributed by atoms with van der Waals surface area (Å²) in [7, 11) is 1.82. The lowest BCUT2D eigenvalue weighted by Gasteiger charge is -2.10. The molecule has 2 aromatic rings. The number of thiazole rings is 1. The summed E-state index contributed by atoms with van der Waals surface area (Å²) < 4.78 is 26.2. The molecule has 0 fully saturated rings. The van der Waals surface area contributed by atoms with E-state index < -0.39 is 17.5 Å². The summed E-state index contributed by atoms with van der Waals surface area (Å²) in [6.45, 7) is 2.65. The molecule has 21 heavy (non-hydrogen) atoms. The van der Waals surface area contributed by atoms with Crippen LogP contribution in [0, 0.1) is 11.6 Å². The van der Waals surface area contributed by atoms with Gasteiger partial charge in [-0.15, -0.1) is 0 Å². The van der Waals surface area contributed by atoms with Gasteiger partial charge in [0.2, 0.25) is 0 Å². The first-order valence-electron chi connectivity index (χ1n) is 6.15. The monoisotopic (exact) mass is 312 g/mol. The minimum absolute atomic E-state index is 0.0238. The average Bonchev–Trinajstić information content (AvgIpc) is 2.78. The number of carbonyl (C=O) groups excluding carboxylic acids is 1. The lowest BCUT2D eigenvalue weighted by molar-refractivity contribution is 0.103. The van der Waals surface area contributed by atoms with Crippen LogP contribution in [-0.4, -0.2) is 24.5 Å². The lowest BCUT2D eigenvalue weighted by atomic mass is 10.3. The molecular weight excluding hydrogens is 298 g/mol. The van der Waals surface area contributed by atoms with Crippen molar-refractivity contribution >= 4 is 33.9 Å². The maximum absolute atomic E-state index is 13.1. The summed E-state index contributed by atoms with van der Waals surface area (Å²) in [4.78, 5) is 18.2. The Hall–Kier alpha value is -2.22. The van der Waals surface area contributed by atoms with E-state index in [1.54, 1.807) is 0 Å². The molecular formula is C13H14F2N4OS. The average molecular weight is 312 g/mol. The van der Waals surface area contributed by atoms with Crippen LogP contribution in [0.25, 0.3) is 0 Å². The zero-order valence-corrected chi connectivity index (χ0v) is 12.3. The molecule has 2 rings (SSSR count). The van der Waals surface area contributed by atoms with Crippen molar-refractivity contribution in [3.63, 3.8) is 0 Å². The van der Waals surface area contributed by atoms with Gasteiger partial charge in [0.1, 0.15) is 22.3 Å². The van der Waals surface area contributed by atoms with E-state index in [-0.39, 0.29) is 16.4 Å². The number of rotatable bonds is 4. The van der Waals surface area contributed by atoms with E-state index in [0.717, 1.165) is 29.5 Å². The van der Waals surface area contributed by atoms with Crippen LogP contribution >= 0.6 is 11.3 Å². The second-order valence-electron chi connectivity index (χ2n) is 4.34. The first-order chi connectivity index (χ1) is 9.90. The zero-order valence-electron chi connectivity index (χ0n) is 11.5. The van der Waals surface area contributed by atoms with Crippen LogP contribution in [0.4, 0.5) is 25.4 Å². The van der Waals surface area contributed by atoms with Gasteiger partial charge in [0, 0.05) is 25.3 Å². The summed E-state index contributed by atoms with van der Waals surface area (Å²) >= 11 is 1.12. The number of nitrogens with zero attached hydrogens (tertiary/aromatic N) is 2. The largest absolute Gasteiger partial charge is 0.382 e. The number of halogens is 2. The van der Waals surface area contributed by atoms with Gasteiger partial charge in [-0.3, -0.25) is 4.79 Å². The summed E-state index contributed by atoms with van der Waals surface area (Å²) in [6.07, 6.45) is 0. The minimum atomic E-state index is -0.769. The Bertz CT molecular complexity index is 654. The molecule has 8 heteroatoms. The van der Waals surface area contributed by atoms with Crippen molar-refractivity contribution in [2.24, 2.45) is 0 Å². The molecule has 0 spiro atoms. The molecule has 0 atom stereocenters. The van der Waals surface area contributed by atoms with Gasteiger partial charge in [-0.2, -0.15) is 0 Å². The van der Waals surface area contributed by atoms with E-state index in [9.17, 15) is 13.6 Å². The molecule has 0 saturated carbocycles. The molecule has 1 aromatic carbocycles. The number of benzene rings is 1. The molecule has 1 heterocycles. The number of amides is 1. The molecule has 3 N–H and O–H groups in total. The highest BCUT2D eigenvalue weighted by Crippen LogP contribution is 2.28. The predicted octanol–water partition coefficient (Wildman–Crippen LogP) is 2.71. The fourth-order valence-corrected chi connectivity index (χ4v) is 2.50. The highest BCUT2D eigenvalue weighted by Gasteiger charge is 2.18. The molecule has 1 aromatic heterocycles. The van der Waals surface area contributed by atoms with E-state index in [4.69, 9.17) is 5.73 Å². The van der Waals surface area contributed by atoms with E-state index in [1.807, 2.05) is 18.9 Å². The topological polar surface area (TPSA) is 71.2 Å². The Labute approximate surface area is 124 Å². The van der Waals surface area contributed by atoms with Crippen molar-refractivity contribution in [3.8, 4) is 0 Å². The second-order valence-corrected chi connectivity index (χ2v) is 5.31. The van der Waals surface area contributed by atoms with E-state index in [1.165, 1.54) is 0 Å². The quantitative estimate of drug-likeness (QED) is 0.910. The SMILES string of the molecule is CCN(C)c1nc(N)c(C(=O)Nc2cc(F)cc(F)c2)s1. The molecule has 0 saturated heterocycles. The normalized spacial score (nSPS) is 10.5. The van der Waals surface area contributed by atoms with Gasteiger partial charge in [-0.1, -0.05) is 11.3 Å². The van der Waals surface area contributed by atoms with Gasteiger partial charge in [0.25, 0.3) is 5.91 Å². The molecule has 5 nitrogen and oxygen atoms in total. The molecule has 0 bridgehead atoms. The number of nitrogen functional groups attached to an aromatic ring is 1. The summed E-state index contributed by atoms with van der Waals surface area (Å²) in [5.74, 6) is -2.00. The molecule has 1 amide bonds. The van der Waals surface area contributed by atoms with Gasteiger partial charge in [0.15, 0.2) is 5.13 Å². The van der Waals surface area contributed by atoms with Gasteiger partial charge in [0.05, 0.1) is 0 Å². The van der Waals surface area contributed by atoms with Crippen LogP contribution in [0.15, 0.2) is 18.2 Å².